The summed E-state index contributed by atoms with van der Waals surface area (Å²) < 4.78 is 0. The fourth-order valence-electron chi connectivity index (χ4n) is 2.29. The van der Waals surface area contributed by atoms with Crippen LogP contribution in [0.5, 0.6) is 0 Å². The van der Waals surface area contributed by atoms with Crippen molar-refractivity contribution in [3.8, 4) is 0 Å². The van der Waals surface area contributed by atoms with Crippen LogP contribution in [0.2, 0.25) is 0 Å². The molecule has 1 saturated heterocycles. The molecular formula is C12H23NO2. The number of carboxylic acids is 1. The van der Waals surface area contributed by atoms with Crippen molar-refractivity contribution in [2.24, 2.45) is 11.3 Å². The highest BCUT2D eigenvalue weighted by Crippen LogP contribution is 2.28. The predicted molar refractivity (Wildman–Crippen MR) is 60.8 cm³/mol. The van der Waals surface area contributed by atoms with Gasteiger partial charge in [-0.05, 0) is 31.2 Å². The Morgan fingerprint density at radius 2 is 2.07 bits per heavy atom. The summed E-state index contributed by atoms with van der Waals surface area (Å²) in [5.41, 5.74) is 0.190. The van der Waals surface area contributed by atoms with Gasteiger partial charge in [0.05, 0.1) is 5.92 Å². The largest absolute Gasteiger partial charge is 0.481 e. The Morgan fingerprint density at radius 1 is 1.40 bits per heavy atom. The maximum Gasteiger partial charge on any atom is 0.308 e. The normalized spacial score (nSPS) is 28.5. The van der Waals surface area contributed by atoms with E-state index in [0.29, 0.717) is 0 Å². The van der Waals surface area contributed by atoms with Gasteiger partial charge in [-0.3, -0.25) is 4.79 Å². The summed E-state index contributed by atoms with van der Waals surface area (Å²) in [6.45, 7) is 7.46. The molecule has 1 aliphatic heterocycles. The van der Waals surface area contributed by atoms with E-state index < -0.39 is 5.97 Å². The first-order valence-corrected chi connectivity index (χ1v) is 5.86. The summed E-state index contributed by atoms with van der Waals surface area (Å²) in [7, 11) is 0. The van der Waals surface area contributed by atoms with Crippen LogP contribution >= 0.6 is 0 Å². The van der Waals surface area contributed by atoms with E-state index in [1.165, 1.54) is 0 Å². The van der Waals surface area contributed by atoms with Gasteiger partial charge in [-0.2, -0.15) is 0 Å². The van der Waals surface area contributed by atoms with Crippen molar-refractivity contribution in [3.63, 3.8) is 0 Å². The van der Waals surface area contributed by atoms with Gasteiger partial charge in [-0.1, -0.05) is 27.2 Å². The Bertz CT molecular complexity index is 220. The number of rotatable bonds is 2. The summed E-state index contributed by atoms with van der Waals surface area (Å²) in [5.74, 6) is -0.842. The van der Waals surface area contributed by atoms with Crippen LogP contribution in [-0.2, 0) is 4.79 Å². The van der Waals surface area contributed by atoms with E-state index in [9.17, 15) is 9.90 Å². The van der Waals surface area contributed by atoms with Crippen LogP contribution in [0.25, 0.3) is 0 Å². The quantitative estimate of drug-likeness (QED) is 0.739. The highest BCUT2D eigenvalue weighted by molar-refractivity contribution is 5.70. The molecule has 0 bridgehead atoms. The molecule has 1 heterocycles. The molecule has 3 nitrogen and oxygen atoms in total. The maximum atomic E-state index is 11.2. The zero-order valence-electron chi connectivity index (χ0n) is 10.0. The van der Waals surface area contributed by atoms with Gasteiger partial charge < -0.3 is 10.4 Å². The smallest absolute Gasteiger partial charge is 0.308 e. The van der Waals surface area contributed by atoms with Crippen LogP contribution in [0.4, 0.5) is 0 Å². The fourth-order valence-corrected chi connectivity index (χ4v) is 2.29. The van der Waals surface area contributed by atoms with Crippen molar-refractivity contribution >= 4 is 5.97 Å². The molecule has 0 spiro atoms. The molecule has 0 aliphatic carbocycles. The van der Waals surface area contributed by atoms with E-state index in [1.807, 2.05) is 0 Å². The number of carboxylic acid groups (broad SMARTS) is 1. The van der Waals surface area contributed by atoms with Gasteiger partial charge in [0.2, 0.25) is 0 Å². The van der Waals surface area contributed by atoms with E-state index >= 15 is 0 Å². The lowest BCUT2D eigenvalue weighted by Crippen LogP contribution is -2.41. The highest BCUT2D eigenvalue weighted by Gasteiger charge is 2.31. The van der Waals surface area contributed by atoms with Crippen molar-refractivity contribution in [1.82, 2.24) is 5.32 Å². The summed E-state index contributed by atoms with van der Waals surface area (Å²) in [4.78, 5) is 11.2. The van der Waals surface area contributed by atoms with E-state index in [1.54, 1.807) is 0 Å². The zero-order chi connectivity index (χ0) is 11.5. The third kappa shape index (κ3) is 4.20. The lowest BCUT2D eigenvalue weighted by atomic mass is 9.82. The van der Waals surface area contributed by atoms with E-state index in [0.717, 1.165) is 32.2 Å². The van der Waals surface area contributed by atoms with Crippen LogP contribution < -0.4 is 5.32 Å². The average Bonchev–Trinajstić information content (AvgIpc) is 2.26. The van der Waals surface area contributed by atoms with Crippen molar-refractivity contribution in [1.29, 1.82) is 0 Å². The molecule has 2 N–H and O–H groups in total. The molecule has 88 valence electrons. The van der Waals surface area contributed by atoms with Gasteiger partial charge >= 0.3 is 5.97 Å². The van der Waals surface area contributed by atoms with Crippen LogP contribution in [-0.4, -0.2) is 23.7 Å². The molecule has 0 aromatic carbocycles. The molecule has 1 fully saturated rings. The van der Waals surface area contributed by atoms with Crippen molar-refractivity contribution in [2.75, 3.05) is 6.54 Å². The molecule has 3 heteroatoms. The third-order valence-corrected chi connectivity index (χ3v) is 2.98. The summed E-state index contributed by atoms with van der Waals surface area (Å²) >= 11 is 0. The first kappa shape index (κ1) is 12.5. The summed E-state index contributed by atoms with van der Waals surface area (Å²) in [5, 5.41) is 12.6. The van der Waals surface area contributed by atoms with Crippen molar-refractivity contribution in [3.05, 3.63) is 0 Å². The first-order valence-electron chi connectivity index (χ1n) is 5.86. The van der Waals surface area contributed by atoms with Crippen LogP contribution in [0.3, 0.4) is 0 Å². The molecule has 0 aromatic heterocycles. The van der Waals surface area contributed by atoms with Crippen LogP contribution in [0.1, 0.15) is 46.5 Å². The standard InChI is InChI=1S/C12H23NO2/c1-12(2,3)8-10-9(11(14)15)6-4-5-7-13-10/h9-10,13H,4-8H2,1-3H3,(H,14,15)/t9-,10+/m0/s1. The number of aliphatic carboxylic acids is 1. The van der Waals surface area contributed by atoms with Gasteiger partial charge in [0.15, 0.2) is 0 Å². The molecular weight excluding hydrogens is 190 g/mol. The number of nitrogens with one attached hydrogen (secondary N) is 1. The monoisotopic (exact) mass is 213 g/mol. The minimum Gasteiger partial charge on any atom is -0.481 e. The molecule has 0 saturated carbocycles. The Morgan fingerprint density at radius 3 is 2.60 bits per heavy atom. The molecule has 2 atom stereocenters. The predicted octanol–water partition coefficient (Wildman–Crippen LogP) is 2.27. The first-order chi connectivity index (χ1) is 6.90. The van der Waals surface area contributed by atoms with Gasteiger partial charge in [0.1, 0.15) is 0 Å². The number of hydrogen-bond donors (Lipinski definition) is 2. The Balaban J connectivity index is 2.66. The van der Waals surface area contributed by atoms with Crippen LogP contribution in [0.15, 0.2) is 0 Å². The molecule has 0 amide bonds. The minimum absolute atomic E-state index is 0.144. The van der Waals surface area contributed by atoms with Gasteiger partial charge in [0.25, 0.3) is 0 Å². The zero-order valence-corrected chi connectivity index (χ0v) is 10.0. The Hall–Kier alpha value is -0.570. The molecule has 0 aromatic rings. The fraction of sp³-hybridized carbons (Fsp3) is 0.917. The highest BCUT2D eigenvalue weighted by atomic mass is 16.4. The second kappa shape index (κ2) is 4.97. The second-order valence-electron chi connectivity index (χ2n) is 5.77. The molecule has 15 heavy (non-hydrogen) atoms. The second-order valence-corrected chi connectivity index (χ2v) is 5.77. The summed E-state index contributed by atoms with van der Waals surface area (Å²) in [6, 6.07) is 0.144. The summed E-state index contributed by atoms with van der Waals surface area (Å²) in [6.07, 6.45) is 3.89. The van der Waals surface area contributed by atoms with E-state index in [-0.39, 0.29) is 17.4 Å². The third-order valence-electron chi connectivity index (χ3n) is 2.98. The molecule has 1 rings (SSSR count). The van der Waals surface area contributed by atoms with Crippen molar-refractivity contribution < 1.29 is 9.90 Å². The Kier molecular flexibility index (Phi) is 4.14. The lowest BCUT2D eigenvalue weighted by Gasteiger charge is -2.29. The average molecular weight is 213 g/mol. The SMILES string of the molecule is CC(C)(C)C[C@H]1NCCCC[C@@H]1C(=O)O. The maximum absolute atomic E-state index is 11.2. The van der Waals surface area contributed by atoms with Gasteiger partial charge in [-0.15, -0.1) is 0 Å². The van der Waals surface area contributed by atoms with Crippen molar-refractivity contribution in [2.45, 2.75) is 52.5 Å². The lowest BCUT2D eigenvalue weighted by molar-refractivity contribution is -0.143. The van der Waals surface area contributed by atoms with Crippen LogP contribution in [0, 0.1) is 11.3 Å². The van der Waals surface area contributed by atoms with Gasteiger partial charge in [-0.25, -0.2) is 0 Å². The van der Waals surface area contributed by atoms with Gasteiger partial charge in [0, 0.05) is 6.04 Å². The topological polar surface area (TPSA) is 49.3 Å². The molecule has 0 unspecified atom stereocenters. The van der Waals surface area contributed by atoms with E-state index in [4.69, 9.17) is 0 Å². The van der Waals surface area contributed by atoms with E-state index in [2.05, 4.69) is 26.1 Å². The molecule has 0 radical (unpaired) electrons. The molecule has 1 aliphatic rings. The number of carbonyl (C=O) groups is 1. The minimum atomic E-state index is -0.640. The number of hydrogen-bond acceptors (Lipinski definition) is 2. The Labute approximate surface area is 92.3 Å².